The molecule has 1 unspecified atom stereocenters. The summed E-state index contributed by atoms with van der Waals surface area (Å²) in [7, 11) is 0. The van der Waals surface area contributed by atoms with Gasteiger partial charge in [-0.15, -0.1) is 0 Å². The molecule has 1 N–H and O–H groups in total. The van der Waals surface area contributed by atoms with Crippen molar-refractivity contribution in [2.75, 3.05) is 11.9 Å². The fourth-order valence-corrected chi connectivity index (χ4v) is 3.94. The maximum atomic E-state index is 12.4. The van der Waals surface area contributed by atoms with Gasteiger partial charge in [-0.3, -0.25) is 9.78 Å². The van der Waals surface area contributed by atoms with Gasteiger partial charge in [0.15, 0.2) is 0 Å². The normalized spacial score (nSPS) is 16.2. The van der Waals surface area contributed by atoms with Crippen molar-refractivity contribution >= 4 is 28.7 Å². The number of nitrogens with zero attached hydrogens (tertiary/aromatic N) is 4. The largest absolute Gasteiger partial charge is 0.376 e. The van der Waals surface area contributed by atoms with Gasteiger partial charge < -0.3 is 14.6 Å². The molecule has 7 heteroatoms. The number of hydrogen-bond acceptors (Lipinski definition) is 5. The van der Waals surface area contributed by atoms with Crippen molar-refractivity contribution in [3.8, 4) is 6.07 Å². The summed E-state index contributed by atoms with van der Waals surface area (Å²) in [5, 5.41) is 13.5. The second-order valence-corrected chi connectivity index (χ2v) is 7.46. The zero-order chi connectivity index (χ0) is 21.1. The molecule has 152 valence electrons. The van der Waals surface area contributed by atoms with Gasteiger partial charge in [0.2, 0.25) is 5.91 Å². The molecule has 1 amide bonds. The van der Waals surface area contributed by atoms with E-state index in [1.807, 2.05) is 24.5 Å². The minimum atomic E-state index is -0.290. The third-order valence-electron chi connectivity index (χ3n) is 5.22. The number of carbonyl (C=O) groups is 1. The van der Waals surface area contributed by atoms with Gasteiger partial charge in [-0.25, -0.2) is 4.98 Å². The average Bonchev–Trinajstić information content (AvgIpc) is 3.34. The van der Waals surface area contributed by atoms with Gasteiger partial charge in [-0.05, 0) is 56.5 Å². The smallest absolute Gasteiger partial charge is 0.248 e. The molecule has 1 fully saturated rings. The van der Waals surface area contributed by atoms with Crippen LogP contribution in [-0.4, -0.2) is 33.2 Å². The van der Waals surface area contributed by atoms with Crippen LogP contribution in [0.1, 0.15) is 35.4 Å². The summed E-state index contributed by atoms with van der Waals surface area (Å²) in [6.45, 7) is 5.27. The van der Waals surface area contributed by atoms with Crippen molar-refractivity contribution in [2.24, 2.45) is 0 Å². The fourth-order valence-electron chi connectivity index (χ4n) is 3.94. The number of nitrogens with one attached hydrogen (secondary N) is 1. The van der Waals surface area contributed by atoms with E-state index in [1.54, 1.807) is 30.6 Å². The third kappa shape index (κ3) is 3.95. The van der Waals surface area contributed by atoms with Crippen molar-refractivity contribution in [1.29, 1.82) is 5.26 Å². The Balaban J connectivity index is 1.75. The topological polar surface area (TPSA) is 92.8 Å². The minimum Gasteiger partial charge on any atom is -0.376 e. The molecule has 4 heterocycles. The summed E-state index contributed by atoms with van der Waals surface area (Å²) < 4.78 is 7.84. The van der Waals surface area contributed by atoms with Gasteiger partial charge in [-0.1, -0.05) is 0 Å². The van der Waals surface area contributed by atoms with Crippen molar-refractivity contribution in [3.63, 3.8) is 0 Å². The van der Waals surface area contributed by atoms with E-state index in [4.69, 9.17) is 9.72 Å². The number of rotatable bonds is 5. The molecular weight excluding hydrogens is 378 g/mol. The molecule has 30 heavy (non-hydrogen) atoms. The molecule has 0 saturated carbocycles. The lowest BCUT2D eigenvalue weighted by Crippen LogP contribution is -2.16. The average molecular weight is 401 g/mol. The predicted molar refractivity (Wildman–Crippen MR) is 115 cm³/mol. The first-order valence-electron chi connectivity index (χ1n) is 9.98. The van der Waals surface area contributed by atoms with Crippen LogP contribution in [0.15, 0.2) is 36.7 Å². The predicted octanol–water partition coefficient (Wildman–Crippen LogP) is 3.75. The van der Waals surface area contributed by atoms with Crippen molar-refractivity contribution in [2.45, 2.75) is 39.3 Å². The van der Waals surface area contributed by atoms with Crippen LogP contribution in [0, 0.1) is 25.2 Å². The zero-order valence-corrected chi connectivity index (χ0v) is 17.1. The molecule has 0 spiro atoms. The number of nitriles is 1. The first-order valence-corrected chi connectivity index (χ1v) is 9.98. The Morgan fingerprint density at radius 1 is 1.47 bits per heavy atom. The molecule has 1 aliphatic rings. The molecule has 0 radical (unpaired) electrons. The summed E-state index contributed by atoms with van der Waals surface area (Å²) in [5.41, 5.74) is 4.45. The highest BCUT2D eigenvalue weighted by molar-refractivity contribution is 6.02. The minimum absolute atomic E-state index is 0.0751. The van der Waals surface area contributed by atoms with Crippen LogP contribution in [0.25, 0.3) is 17.1 Å². The van der Waals surface area contributed by atoms with E-state index in [-0.39, 0.29) is 12.0 Å². The zero-order valence-electron chi connectivity index (χ0n) is 17.1. The number of pyridine rings is 2. The number of aryl methyl sites for hydroxylation is 2. The van der Waals surface area contributed by atoms with Gasteiger partial charge in [0, 0.05) is 30.0 Å². The molecule has 4 rings (SSSR count). The molecule has 7 nitrogen and oxygen atoms in total. The van der Waals surface area contributed by atoms with Gasteiger partial charge in [0.25, 0.3) is 0 Å². The second kappa shape index (κ2) is 8.47. The van der Waals surface area contributed by atoms with Crippen molar-refractivity contribution < 1.29 is 9.53 Å². The maximum absolute atomic E-state index is 12.4. The van der Waals surface area contributed by atoms with Gasteiger partial charge in [-0.2, -0.15) is 5.26 Å². The first-order chi connectivity index (χ1) is 14.6. The molecule has 1 aliphatic heterocycles. The monoisotopic (exact) mass is 401 g/mol. The number of fused-ring (bicyclic) bond motifs is 1. The lowest BCUT2D eigenvalue weighted by molar-refractivity contribution is -0.111. The Morgan fingerprint density at radius 3 is 3.03 bits per heavy atom. The van der Waals surface area contributed by atoms with E-state index >= 15 is 0 Å². The molecule has 1 saturated heterocycles. The highest BCUT2D eigenvalue weighted by Gasteiger charge is 2.23. The molecule has 1 atom stereocenters. The lowest BCUT2D eigenvalue weighted by atomic mass is 10.1. The third-order valence-corrected chi connectivity index (χ3v) is 5.22. The van der Waals surface area contributed by atoms with Crippen LogP contribution < -0.4 is 5.32 Å². The Hall–Kier alpha value is -3.50. The summed E-state index contributed by atoms with van der Waals surface area (Å²) in [6, 6.07) is 7.82. The maximum Gasteiger partial charge on any atom is 0.248 e. The van der Waals surface area contributed by atoms with E-state index in [9.17, 15) is 10.1 Å². The Morgan fingerprint density at radius 2 is 2.33 bits per heavy atom. The van der Waals surface area contributed by atoms with Crippen LogP contribution in [0.4, 0.5) is 5.69 Å². The molecule has 0 aromatic carbocycles. The van der Waals surface area contributed by atoms with E-state index in [1.165, 1.54) is 6.08 Å². The summed E-state index contributed by atoms with van der Waals surface area (Å²) in [4.78, 5) is 21.1. The number of amides is 1. The number of ether oxygens (including phenoxy) is 1. The highest BCUT2D eigenvalue weighted by atomic mass is 16.5. The Kier molecular flexibility index (Phi) is 5.59. The van der Waals surface area contributed by atoms with E-state index in [0.29, 0.717) is 23.5 Å². The Bertz CT molecular complexity index is 1150. The highest BCUT2D eigenvalue weighted by Crippen LogP contribution is 2.30. The lowest BCUT2D eigenvalue weighted by Gasteiger charge is -2.14. The number of anilines is 1. The van der Waals surface area contributed by atoms with Crippen LogP contribution in [-0.2, 0) is 16.1 Å². The van der Waals surface area contributed by atoms with Gasteiger partial charge in [0.05, 0.1) is 35.8 Å². The molecule has 3 aromatic rings. The van der Waals surface area contributed by atoms with Gasteiger partial charge in [0.1, 0.15) is 11.7 Å². The van der Waals surface area contributed by atoms with E-state index in [2.05, 4.69) is 16.4 Å². The molecule has 0 bridgehead atoms. The number of carbonyl (C=O) groups excluding carboxylic acids is 1. The van der Waals surface area contributed by atoms with E-state index in [0.717, 1.165) is 41.7 Å². The number of hydrogen-bond donors (Lipinski definition) is 1. The summed E-state index contributed by atoms with van der Waals surface area (Å²) >= 11 is 0. The summed E-state index contributed by atoms with van der Waals surface area (Å²) in [5.74, 6) is -0.290. The van der Waals surface area contributed by atoms with Crippen LogP contribution in [0.3, 0.4) is 0 Å². The first kappa shape index (κ1) is 19.8. The number of aromatic nitrogens is 3. The molecule has 0 aliphatic carbocycles. The van der Waals surface area contributed by atoms with Crippen LogP contribution >= 0.6 is 0 Å². The molecule has 3 aromatic heterocycles. The van der Waals surface area contributed by atoms with Gasteiger partial charge >= 0.3 is 0 Å². The Labute approximate surface area is 175 Å². The van der Waals surface area contributed by atoms with Crippen LogP contribution in [0.2, 0.25) is 0 Å². The van der Waals surface area contributed by atoms with E-state index < -0.39 is 0 Å². The second-order valence-electron chi connectivity index (χ2n) is 7.46. The van der Waals surface area contributed by atoms with Crippen molar-refractivity contribution in [3.05, 3.63) is 59.2 Å². The van der Waals surface area contributed by atoms with Crippen LogP contribution in [0.5, 0.6) is 0 Å². The SMILES string of the molecule is Cc1cc(C)c2c(C#N)c(C=CC(=O)Nc3cccnc3)n(CC3CCCO3)c2n1. The van der Waals surface area contributed by atoms with Crippen molar-refractivity contribution in [1.82, 2.24) is 14.5 Å². The standard InChI is InChI=1S/C23H23N5O2/c1-15-11-16(2)26-23-22(15)19(12-24)20(28(23)14-18-6-4-10-30-18)7-8-21(29)27-17-5-3-9-25-13-17/h3,5,7-9,11,13,18H,4,6,10,14H2,1-2H3,(H,27,29). The molecular formula is C23H23N5O2. The summed E-state index contributed by atoms with van der Waals surface area (Å²) in [6.07, 6.45) is 8.43. The quantitative estimate of drug-likeness (QED) is 0.657. The fraction of sp³-hybridized carbons (Fsp3) is 0.304.